The number of carbonyl (C=O) groups is 2. The first kappa shape index (κ1) is 19.4. The van der Waals surface area contributed by atoms with Crippen LogP contribution in [-0.2, 0) is 7.05 Å². The third-order valence-electron chi connectivity index (χ3n) is 4.91. The summed E-state index contributed by atoms with van der Waals surface area (Å²) in [6.07, 6.45) is 1.42. The largest absolute Gasteiger partial charge is 0.353 e. The van der Waals surface area contributed by atoms with Gasteiger partial charge in [0.15, 0.2) is 0 Å². The predicted octanol–water partition coefficient (Wildman–Crippen LogP) is 2.87. The Kier molecular flexibility index (Phi) is 5.05. The predicted molar refractivity (Wildman–Crippen MR) is 115 cm³/mol. The highest BCUT2D eigenvalue weighted by Gasteiger charge is 2.22. The Labute approximate surface area is 174 Å². The molecule has 0 spiro atoms. The number of hydrogen-bond donors (Lipinski definition) is 3. The van der Waals surface area contributed by atoms with Gasteiger partial charge in [-0.3, -0.25) is 19.7 Å². The molecule has 1 fully saturated rings. The molecule has 3 N–H and O–H groups in total. The van der Waals surface area contributed by atoms with Gasteiger partial charge in [-0.2, -0.15) is 5.10 Å². The molecule has 1 aromatic heterocycles. The highest BCUT2D eigenvalue weighted by atomic mass is 16.2. The average Bonchev–Trinajstić information content (AvgIpc) is 3.53. The first-order chi connectivity index (χ1) is 14.4. The Hall–Kier alpha value is -3.94. The van der Waals surface area contributed by atoms with Gasteiger partial charge in [-0.25, -0.2) is 0 Å². The maximum atomic E-state index is 12.7. The van der Waals surface area contributed by atoms with Crippen molar-refractivity contribution in [3.05, 3.63) is 77.0 Å². The summed E-state index contributed by atoms with van der Waals surface area (Å²) >= 11 is 0. The van der Waals surface area contributed by atoms with Crippen molar-refractivity contribution < 1.29 is 9.59 Å². The Bertz CT molecular complexity index is 1110. The number of aryl methyl sites for hydroxylation is 2. The molecule has 0 bridgehead atoms. The molecule has 3 aromatic rings. The number of anilines is 2. The number of carbonyl (C=O) groups excluding carboxylic acids is 2. The molecule has 2 aromatic carbocycles. The summed E-state index contributed by atoms with van der Waals surface area (Å²) in [5, 5.41) is 17.8. The minimum absolute atomic E-state index is 0.270. The molecule has 4 rings (SSSR count). The van der Waals surface area contributed by atoms with E-state index in [0.29, 0.717) is 22.9 Å². The molecule has 2 amide bonds. The summed E-state index contributed by atoms with van der Waals surface area (Å²) in [5.74, 6) is 0.0616. The lowest BCUT2D eigenvalue weighted by Crippen LogP contribution is -2.19. The normalized spacial score (nSPS) is 12.4. The standard InChI is InChI=1S/C22H22N6O2/c1-14-3-9-17(10-4-14)25-22(30)18-13-24-27(2)20(18)26-21(29)16-7-5-15(6-8-16)19(23)28-11-12-28/h3-10,13,23H,11-12H2,1-2H3,(H,25,30)(H,26,29). The van der Waals surface area contributed by atoms with Crippen molar-refractivity contribution in [3.63, 3.8) is 0 Å². The molecule has 0 atom stereocenters. The highest BCUT2D eigenvalue weighted by molar-refractivity contribution is 6.12. The summed E-state index contributed by atoms with van der Waals surface area (Å²) < 4.78 is 1.45. The van der Waals surface area contributed by atoms with E-state index in [0.717, 1.165) is 24.2 Å². The fraction of sp³-hybridized carbons (Fsp3) is 0.182. The molecule has 1 aliphatic rings. The Balaban J connectivity index is 1.48. The van der Waals surface area contributed by atoms with E-state index in [4.69, 9.17) is 5.41 Å². The zero-order valence-corrected chi connectivity index (χ0v) is 16.8. The Morgan fingerprint density at radius 1 is 0.933 bits per heavy atom. The Morgan fingerprint density at radius 2 is 1.57 bits per heavy atom. The van der Waals surface area contributed by atoms with Crippen LogP contribution in [0.15, 0.2) is 54.7 Å². The number of amidine groups is 1. The van der Waals surface area contributed by atoms with E-state index >= 15 is 0 Å². The van der Waals surface area contributed by atoms with E-state index in [-0.39, 0.29) is 17.4 Å². The summed E-state index contributed by atoms with van der Waals surface area (Å²) in [7, 11) is 1.66. The van der Waals surface area contributed by atoms with Crippen molar-refractivity contribution in [1.29, 1.82) is 5.41 Å². The van der Waals surface area contributed by atoms with E-state index < -0.39 is 0 Å². The van der Waals surface area contributed by atoms with E-state index in [1.807, 2.05) is 36.1 Å². The summed E-state index contributed by atoms with van der Waals surface area (Å²) in [6, 6.07) is 14.3. The van der Waals surface area contributed by atoms with Gasteiger partial charge >= 0.3 is 0 Å². The van der Waals surface area contributed by atoms with Crippen LogP contribution < -0.4 is 10.6 Å². The SMILES string of the molecule is Cc1ccc(NC(=O)c2cnn(C)c2NC(=O)c2ccc(C(=N)N3CC3)cc2)cc1. The van der Waals surface area contributed by atoms with Gasteiger partial charge in [0.1, 0.15) is 17.2 Å². The number of aromatic nitrogens is 2. The van der Waals surface area contributed by atoms with Crippen molar-refractivity contribution in [2.24, 2.45) is 7.05 Å². The van der Waals surface area contributed by atoms with E-state index in [9.17, 15) is 9.59 Å². The molecule has 8 nitrogen and oxygen atoms in total. The lowest BCUT2D eigenvalue weighted by atomic mass is 10.1. The van der Waals surface area contributed by atoms with Crippen molar-refractivity contribution in [2.45, 2.75) is 6.92 Å². The number of nitrogens with one attached hydrogen (secondary N) is 3. The molecule has 0 saturated carbocycles. The maximum absolute atomic E-state index is 12.7. The van der Waals surface area contributed by atoms with Crippen molar-refractivity contribution in [2.75, 3.05) is 23.7 Å². The molecule has 152 valence electrons. The second-order valence-corrected chi connectivity index (χ2v) is 7.22. The molecule has 1 saturated heterocycles. The molecule has 8 heteroatoms. The summed E-state index contributed by atoms with van der Waals surface area (Å²) in [5.41, 5.74) is 3.23. The lowest BCUT2D eigenvalue weighted by molar-refractivity contribution is 0.102. The second kappa shape index (κ2) is 7.82. The van der Waals surface area contributed by atoms with Gasteiger partial charge in [0.05, 0.1) is 6.20 Å². The monoisotopic (exact) mass is 402 g/mol. The van der Waals surface area contributed by atoms with Crippen molar-refractivity contribution in [3.8, 4) is 0 Å². The number of nitrogens with zero attached hydrogens (tertiary/aromatic N) is 3. The van der Waals surface area contributed by atoms with Crippen LogP contribution in [0.25, 0.3) is 0 Å². The van der Waals surface area contributed by atoms with E-state index in [1.165, 1.54) is 10.9 Å². The molecule has 0 unspecified atom stereocenters. The molecule has 0 radical (unpaired) electrons. The molecular weight excluding hydrogens is 380 g/mol. The number of hydrogen-bond acceptors (Lipinski definition) is 4. The van der Waals surface area contributed by atoms with E-state index in [2.05, 4.69) is 15.7 Å². The smallest absolute Gasteiger partial charge is 0.261 e. The number of rotatable bonds is 5. The van der Waals surface area contributed by atoms with Crippen molar-refractivity contribution >= 4 is 29.2 Å². The van der Waals surface area contributed by atoms with Crippen LogP contribution in [-0.4, -0.2) is 45.4 Å². The molecular formula is C22H22N6O2. The summed E-state index contributed by atoms with van der Waals surface area (Å²) in [4.78, 5) is 27.3. The lowest BCUT2D eigenvalue weighted by Gasteiger charge is -2.10. The van der Waals surface area contributed by atoms with Gasteiger partial charge in [-0.1, -0.05) is 29.8 Å². The minimum Gasteiger partial charge on any atom is -0.353 e. The fourth-order valence-electron chi connectivity index (χ4n) is 3.00. The number of amides is 2. The van der Waals surface area contributed by atoms with E-state index in [1.54, 1.807) is 31.3 Å². The first-order valence-electron chi connectivity index (χ1n) is 9.57. The van der Waals surface area contributed by atoms with Crippen LogP contribution >= 0.6 is 0 Å². The van der Waals surface area contributed by atoms with Crippen molar-refractivity contribution in [1.82, 2.24) is 14.7 Å². The van der Waals surface area contributed by atoms with Gasteiger partial charge in [0, 0.05) is 37.0 Å². The van der Waals surface area contributed by atoms with Crippen LogP contribution in [0.1, 0.15) is 31.8 Å². The second-order valence-electron chi connectivity index (χ2n) is 7.22. The first-order valence-corrected chi connectivity index (χ1v) is 9.57. The van der Waals surface area contributed by atoms with Gasteiger partial charge in [-0.05, 0) is 31.2 Å². The van der Waals surface area contributed by atoms with Crippen LogP contribution in [0.5, 0.6) is 0 Å². The van der Waals surface area contributed by atoms with Gasteiger partial charge in [0.2, 0.25) is 0 Å². The zero-order valence-electron chi connectivity index (χ0n) is 16.8. The van der Waals surface area contributed by atoms with Crippen LogP contribution in [0.2, 0.25) is 0 Å². The molecule has 1 aliphatic heterocycles. The third kappa shape index (κ3) is 4.07. The van der Waals surface area contributed by atoms with Gasteiger partial charge in [0.25, 0.3) is 11.8 Å². The maximum Gasteiger partial charge on any atom is 0.261 e. The third-order valence-corrected chi connectivity index (χ3v) is 4.91. The Morgan fingerprint density at radius 3 is 2.20 bits per heavy atom. The molecule has 0 aliphatic carbocycles. The van der Waals surface area contributed by atoms with Crippen LogP contribution in [0, 0.1) is 12.3 Å². The van der Waals surface area contributed by atoms with Gasteiger partial charge < -0.3 is 15.5 Å². The quantitative estimate of drug-likeness (QED) is 0.347. The average molecular weight is 402 g/mol. The molecule has 30 heavy (non-hydrogen) atoms. The highest BCUT2D eigenvalue weighted by Crippen LogP contribution is 2.19. The van der Waals surface area contributed by atoms with Crippen LogP contribution in [0.3, 0.4) is 0 Å². The summed E-state index contributed by atoms with van der Waals surface area (Å²) in [6.45, 7) is 3.77. The molecule has 2 heterocycles. The zero-order chi connectivity index (χ0) is 21.3. The number of benzene rings is 2. The van der Waals surface area contributed by atoms with Gasteiger partial charge in [-0.15, -0.1) is 0 Å². The minimum atomic E-state index is -0.357. The fourth-order valence-corrected chi connectivity index (χ4v) is 3.00. The topological polar surface area (TPSA) is 103 Å². The van der Waals surface area contributed by atoms with Crippen LogP contribution in [0.4, 0.5) is 11.5 Å².